The molecule has 0 bridgehead atoms. The molecule has 2 amide bonds. The van der Waals surface area contributed by atoms with Crippen molar-refractivity contribution in [3.63, 3.8) is 0 Å². The van der Waals surface area contributed by atoms with Crippen LogP contribution >= 0.6 is 0 Å². The van der Waals surface area contributed by atoms with E-state index in [1.165, 1.54) is 20.6 Å². The summed E-state index contributed by atoms with van der Waals surface area (Å²) in [6.07, 6.45) is 2.99. The second kappa shape index (κ2) is 5.14. The fourth-order valence-corrected chi connectivity index (χ4v) is 3.05. The molecule has 0 aliphatic heterocycles. The van der Waals surface area contributed by atoms with Gasteiger partial charge in [-0.15, -0.1) is 0 Å². The van der Waals surface area contributed by atoms with E-state index in [0.717, 1.165) is 29.7 Å². The number of fused-ring (bicyclic) bond motifs is 1. The summed E-state index contributed by atoms with van der Waals surface area (Å²) in [4.78, 5) is 27.5. The average Bonchev–Trinajstić information content (AvgIpc) is 2.93. The van der Waals surface area contributed by atoms with Gasteiger partial charge in [0.1, 0.15) is 6.04 Å². The Morgan fingerprint density at radius 3 is 2.50 bits per heavy atom. The molecule has 0 aromatic carbocycles. The molecule has 0 spiro atoms. The molecule has 0 saturated heterocycles. The first kappa shape index (κ1) is 13.1. The van der Waals surface area contributed by atoms with E-state index in [-0.39, 0.29) is 5.91 Å². The Kier molecular flexibility index (Phi) is 3.75. The fourth-order valence-electron chi connectivity index (χ4n) is 3.05. The molecular formula is C12H20N2O4. The Morgan fingerprint density at radius 2 is 2.00 bits per heavy atom. The summed E-state index contributed by atoms with van der Waals surface area (Å²) >= 11 is 0. The summed E-state index contributed by atoms with van der Waals surface area (Å²) in [6.45, 7) is 0. The van der Waals surface area contributed by atoms with Crippen LogP contribution in [0.25, 0.3) is 0 Å². The van der Waals surface area contributed by atoms with Crippen LogP contribution in [0.15, 0.2) is 0 Å². The van der Waals surface area contributed by atoms with Gasteiger partial charge in [-0.25, -0.2) is 9.86 Å². The lowest BCUT2D eigenvalue weighted by molar-refractivity contribution is -0.171. The first-order chi connectivity index (χ1) is 8.51. The van der Waals surface area contributed by atoms with E-state index in [1.54, 1.807) is 0 Å². The average molecular weight is 256 g/mol. The Morgan fingerprint density at radius 1 is 1.39 bits per heavy atom. The topological polar surface area (TPSA) is 78.9 Å². The number of hydroxylamine groups is 2. The van der Waals surface area contributed by atoms with E-state index in [2.05, 4.69) is 5.32 Å². The number of hydrogen-bond donors (Lipinski definition) is 2. The van der Waals surface area contributed by atoms with Crippen molar-refractivity contribution in [3.05, 3.63) is 0 Å². The van der Waals surface area contributed by atoms with E-state index in [4.69, 9.17) is 9.94 Å². The summed E-state index contributed by atoms with van der Waals surface area (Å²) < 4.78 is 0. The molecule has 6 nitrogen and oxygen atoms in total. The van der Waals surface area contributed by atoms with Gasteiger partial charge in [0.25, 0.3) is 5.91 Å². The molecule has 2 aliphatic rings. The van der Waals surface area contributed by atoms with Crippen LogP contribution in [0.5, 0.6) is 0 Å². The SMILES string of the molecule is CON(C)C(=O)[C@H](C[C@H]1C[C@@H]2C[C@@H]2C1)NC(=O)O. The van der Waals surface area contributed by atoms with Gasteiger partial charge in [-0.2, -0.15) is 0 Å². The smallest absolute Gasteiger partial charge is 0.405 e. The predicted octanol–water partition coefficient (Wildman–Crippen LogP) is 1.08. The van der Waals surface area contributed by atoms with E-state index in [1.807, 2.05) is 0 Å². The van der Waals surface area contributed by atoms with Crippen LogP contribution in [-0.2, 0) is 9.63 Å². The summed E-state index contributed by atoms with van der Waals surface area (Å²) in [5.41, 5.74) is 0. The largest absolute Gasteiger partial charge is 0.465 e. The van der Waals surface area contributed by atoms with Crippen LogP contribution in [0.2, 0.25) is 0 Å². The van der Waals surface area contributed by atoms with Gasteiger partial charge in [0.05, 0.1) is 7.11 Å². The highest BCUT2D eigenvalue weighted by Crippen LogP contribution is 2.55. The Bertz CT molecular complexity index is 337. The van der Waals surface area contributed by atoms with Crippen LogP contribution in [-0.4, -0.2) is 42.4 Å². The molecule has 0 heterocycles. The third-order valence-electron chi connectivity index (χ3n) is 4.09. The second-order valence-corrected chi connectivity index (χ2v) is 5.35. The van der Waals surface area contributed by atoms with Crippen molar-refractivity contribution >= 4 is 12.0 Å². The van der Waals surface area contributed by atoms with E-state index >= 15 is 0 Å². The highest BCUT2D eigenvalue weighted by Gasteiger charge is 2.46. The first-order valence-corrected chi connectivity index (χ1v) is 6.32. The minimum atomic E-state index is -1.17. The molecule has 0 aromatic heterocycles. The molecule has 2 fully saturated rings. The van der Waals surface area contributed by atoms with Gasteiger partial charge in [0.15, 0.2) is 0 Å². The predicted molar refractivity (Wildman–Crippen MR) is 63.7 cm³/mol. The number of carbonyl (C=O) groups is 2. The van der Waals surface area contributed by atoms with Gasteiger partial charge in [0, 0.05) is 7.05 Å². The van der Waals surface area contributed by atoms with Crippen molar-refractivity contribution in [2.75, 3.05) is 14.2 Å². The molecule has 0 radical (unpaired) electrons. The maximum atomic E-state index is 12.0. The zero-order valence-corrected chi connectivity index (χ0v) is 10.8. The maximum Gasteiger partial charge on any atom is 0.405 e. The molecule has 2 rings (SSSR count). The fraction of sp³-hybridized carbons (Fsp3) is 0.833. The molecule has 6 heteroatoms. The molecule has 4 atom stereocenters. The van der Waals surface area contributed by atoms with Crippen molar-refractivity contribution < 1.29 is 19.5 Å². The zero-order chi connectivity index (χ0) is 13.3. The van der Waals surface area contributed by atoms with Crippen LogP contribution in [0.4, 0.5) is 4.79 Å². The van der Waals surface area contributed by atoms with Gasteiger partial charge in [-0.05, 0) is 43.4 Å². The number of hydrogen-bond acceptors (Lipinski definition) is 3. The van der Waals surface area contributed by atoms with Crippen LogP contribution in [0.1, 0.15) is 25.7 Å². The second-order valence-electron chi connectivity index (χ2n) is 5.35. The van der Waals surface area contributed by atoms with E-state index in [0.29, 0.717) is 12.3 Å². The Labute approximate surface area is 106 Å². The van der Waals surface area contributed by atoms with Crippen molar-refractivity contribution in [3.8, 4) is 0 Å². The summed E-state index contributed by atoms with van der Waals surface area (Å²) in [7, 11) is 2.88. The van der Waals surface area contributed by atoms with Gasteiger partial charge >= 0.3 is 6.09 Å². The maximum absolute atomic E-state index is 12.0. The van der Waals surface area contributed by atoms with Crippen LogP contribution in [0.3, 0.4) is 0 Å². The monoisotopic (exact) mass is 256 g/mol. The Hall–Kier alpha value is -1.30. The minimum Gasteiger partial charge on any atom is -0.465 e. The molecule has 2 aliphatic carbocycles. The van der Waals surface area contributed by atoms with Crippen molar-refractivity contribution in [1.29, 1.82) is 0 Å². The first-order valence-electron chi connectivity index (χ1n) is 6.32. The van der Waals surface area contributed by atoms with Gasteiger partial charge in [-0.1, -0.05) is 0 Å². The van der Waals surface area contributed by atoms with Crippen molar-refractivity contribution in [1.82, 2.24) is 10.4 Å². The number of rotatable bonds is 5. The highest BCUT2D eigenvalue weighted by molar-refractivity contribution is 5.84. The summed E-state index contributed by atoms with van der Waals surface area (Å²) in [6, 6.07) is -0.699. The third-order valence-corrected chi connectivity index (χ3v) is 4.09. The number of amides is 2. The molecule has 0 unspecified atom stereocenters. The summed E-state index contributed by atoms with van der Waals surface area (Å²) in [5, 5.41) is 12.2. The minimum absolute atomic E-state index is 0.333. The molecular weight excluding hydrogens is 236 g/mol. The molecule has 18 heavy (non-hydrogen) atoms. The Balaban J connectivity index is 1.91. The lowest BCUT2D eigenvalue weighted by Gasteiger charge is -2.24. The highest BCUT2D eigenvalue weighted by atomic mass is 16.7. The number of carboxylic acid groups (broad SMARTS) is 1. The summed E-state index contributed by atoms with van der Waals surface area (Å²) in [5.74, 6) is 1.78. The number of nitrogens with one attached hydrogen (secondary N) is 1. The number of likely N-dealkylation sites (N-methyl/N-ethyl adjacent to an activating group) is 1. The van der Waals surface area contributed by atoms with Gasteiger partial charge < -0.3 is 10.4 Å². The van der Waals surface area contributed by atoms with Crippen LogP contribution < -0.4 is 5.32 Å². The van der Waals surface area contributed by atoms with Crippen LogP contribution in [0, 0.1) is 17.8 Å². The number of carbonyl (C=O) groups excluding carboxylic acids is 1. The molecule has 2 N–H and O–H groups in total. The van der Waals surface area contributed by atoms with Crippen molar-refractivity contribution in [2.45, 2.75) is 31.7 Å². The lowest BCUT2D eigenvalue weighted by Crippen LogP contribution is -2.47. The normalized spacial score (nSPS) is 30.4. The van der Waals surface area contributed by atoms with E-state index in [9.17, 15) is 9.59 Å². The molecule has 0 aromatic rings. The standard InChI is InChI=1S/C12H20N2O4/c1-14(18-2)11(15)10(13-12(16)17)5-7-3-8-6-9(8)4-7/h7-10,13H,3-6H2,1-2H3,(H,16,17)/t7-,8+,9-,10-/m0/s1. The van der Waals surface area contributed by atoms with Gasteiger partial charge in [-0.3, -0.25) is 9.63 Å². The van der Waals surface area contributed by atoms with Crippen molar-refractivity contribution in [2.24, 2.45) is 17.8 Å². The van der Waals surface area contributed by atoms with Gasteiger partial charge in [0.2, 0.25) is 0 Å². The third kappa shape index (κ3) is 2.93. The molecule has 2 saturated carbocycles. The quantitative estimate of drug-likeness (QED) is 0.721. The molecule has 102 valence electrons. The lowest BCUT2D eigenvalue weighted by atomic mass is 9.94. The van der Waals surface area contributed by atoms with E-state index < -0.39 is 12.1 Å². The number of nitrogens with zero attached hydrogens (tertiary/aromatic N) is 1. The zero-order valence-electron chi connectivity index (χ0n) is 10.8.